The van der Waals surface area contributed by atoms with Crippen molar-refractivity contribution >= 4 is 51.6 Å². The van der Waals surface area contributed by atoms with Gasteiger partial charge in [0.15, 0.2) is 0 Å². The molecular formula is C21H14Cl2N2O2. The number of fused-ring (bicyclic) bond motifs is 1. The molecule has 3 rings (SSSR count). The molecule has 0 radical (unpaired) electrons. The van der Waals surface area contributed by atoms with Gasteiger partial charge in [0.05, 0.1) is 17.2 Å². The molecule has 0 heterocycles. The number of methoxy groups -OCH3 is 1. The molecule has 0 fully saturated rings. The summed E-state index contributed by atoms with van der Waals surface area (Å²) < 4.78 is 5.37. The molecule has 1 N–H and O–H groups in total. The minimum absolute atomic E-state index is 0.0311. The molecule has 0 spiro atoms. The monoisotopic (exact) mass is 396 g/mol. The summed E-state index contributed by atoms with van der Waals surface area (Å²) in [6, 6.07) is 17.9. The molecule has 27 heavy (non-hydrogen) atoms. The lowest BCUT2D eigenvalue weighted by Crippen LogP contribution is -2.13. The van der Waals surface area contributed by atoms with Crippen molar-refractivity contribution in [2.75, 3.05) is 12.4 Å². The first-order chi connectivity index (χ1) is 13.0. The van der Waals surface area contributed by atoms with E-state index in [-0.39, 0.29) is 5.57 Å². The fourth-order valence-corrected chi connectivity index (χ4v) is 2.97. The van der Waals surface area contributed by atoms with Crippen molar-refractivity contribution < 1.29 is 9.53 Å². The van der Waals surface area contributed by atoms with Crippen LogP contribution in [0.5, 0.6) is 5.75 Å². The summed E-state index contributed by atoms with van der Waals surface area (Å²) >= 11 is 11.8. The van der Waals surface area contributed by atoms with Gasteiger partial charge in [-0.15, -0.1) is 0 Å². The van der Waals surface area contributed by atoms with Gasteiger partial charge in [0.2, 0.25) is 0 Å². The molecule has 3 aromatic rings. The molecule has 3 aromatic carbocycles. The molecule has 4 nitrogen and oxygen atoms in total. The first-order valence-electron chi connectivity index (χ1n) is 7.97. The van der Waals surface area contributed by atoms with Crippen molar-refractivity contribution in [3.63, 3.8) is 0 Å². The van der Waals surface area contributed by atoms with Gasteiger partial charge >= 0.3 is 0 Å². The van der Waals surface area contributed by atoms with Gasteiger partial charge in [-0.25, -0.2) is 0 Å². The van der Waals surface area contributed by atoms with E-state index >= 15 is 0 Å². The van der Waals surface area contributed by atoms with Crippen molar-refractivity contribution in [1.82, 2.24) is 0 Å². The second kappa shape index (κ2) is 8.13. The van der Waals surface area contributed by atoms with Crippen molar-refractivity contribution in [3.05, 3.63) is 75.8 Å². The average Bonchev–Trinajstić information content (AvgIpc) is 2.68. The SMILES string of the molecule is COc1ccc(/C=C(\C#N)C(=O)Nc2ccc(Cl)c(Cl)c2)c2ccccc12. The maximum Gasteiger partial charge on any atom is 0.266 e. The zero-order valence-electron chi connectivity index (χ0n) is 14.3. The van der Waals surface area contributed by atoms with E-state index in [0.29, 0.717) is 15.7 Å². The molecular weight excluding hydrogens is 383 g/mol. The van der Waals surface area contributed by atoms with Crippen LogP contribution in [0.25, 0.3) is 16.8 Å². The predicted molar refractivity (Wildman–Crippen MR) is 109 cm³/mol. The number of ether oxygens (including phenoxy) is 1. The van der Waals surface area contributed by atoms with E-state index in [2.05, 4.69) is 5.32 Å². The van der Waals surface area contributed by atoms with Gasteiger partial charge in [-0.05, 0) is 41.3 Å². The third kappa shape index (κ3) is 4.06. The average molecular weight is 397 g/mol. The number of rotatable bonds is 4. The highest BCUT2D eigenvalue weighted by atomic mass is 35.5. The molecule has 0 saturated heterocycles. The number of nitriles is 1. The van der Waals surface area contributed by atoms with E-state index in [1.54, 1.807) is 31.4 Å². The number of anilines is 1. The fourth-order valence-electron chi connectivity index (χ4n) is 2.68. The van der Waals surface area contributed by atoms with Crippen LogP contribution in [0.4, 0.5) is 5.69 Å². The summed E-state index contributed by atoms with van der Waals surface area (Å²) in [4.78, 5) is 12.5. The van der Waals surface area contributed by atoms with E-state index in [4.69, 9.17) is 27.9 Å². The van der Waals surface area contributed by atoms with E-state index in [1.165, 1.54) is 6.07 Å². The first kappa shape index (κ1) is 18.8. The Kier molecular flexibility index (Phi) is 5.66. The highest BCUT2D eigenvalue weighted by Gasteiger charge is 2.12. The highest BCUT2D eigenvalue weighted by Crippen LogP contribution is 2.30. The molecule has 0 aromatic heterocycles. The van der Waals surface area contributed by atoms with Crippen LogP contribution in [-0.2, 0) is 4.79 Å². The van der Waals surface area contributed by atoms with Gasteiger partial charge in [0.1, 0.15) is 17.4 Å². The molecule has 0 atom stereocenters. The lowest BCUT2D eigenvalue weighted by atomic mass is 10.0. The predicted octanol–water partition coefficient (Wildman–Crippen LogP) is 5.70. The van der Waals surface area contributed by atoms with Gasteiger partial charge in [0.25, 0.3) is 5.91 Å². The van der Waals surface area contributed by atoms with E-state index in [0.717, 1.165) is 22.1 Å². The summed E-state index contributed by atoms with van der Waals surface area (Å²) in [5, 5.41) is 14.6. The van der Waals surface area contributed by atoms with Crippen LogP contribution in [0.15, 0.2) is 60.2 Å². The molecule has 0 bridgehead atoms. The Morgan fingerprint density at radius 1 is 1.07 bits per heavy atom. The van der Waals surface area contributed by atoms with Crippen LogP contribution < -0.4 is 10.1 Å². The van der Waals surface area contributed by atoms with Gasteiger partial charge in [-0.1, -0.05) is 53.5 Å². The Balaban J connectivity index is 1.97. The van der Waals surface area contributed by atoms with Gasteiger partial charge in [-0.2, -0.15) is 5.26 Å². The van der Waals surface area contributed by atoms with Crippen LogP contribution in [0.1, 0.15) is 5.56 Å². The van der Waals surface area contributed by atoms with Gasteiger partial charge < -0.3 is 10.1 Å². The number of hydrogen-bond donors (Lipinski definition) is 1. The van der Waals surface area contributed by atoms with Crippen LogP contribution in [-0.4, -0.2) is 13.0 Å². The van der Waals surface area contributed by atoms with Crippen LogP contribution >= 0.6 is 23.2 Å². The summed E-state index contributed by atoms with van der Waals surface area (Å²) in [5.41, 5.74) is 1.17. The van der Waals surface area contributed by atoms with E-state index in [9.17, 15) is 10.1 Å². The standard InChI is InChI=1S/C21H14Cl2N2O2/c1-27-20-9-6-13(16-4-2-3-5-17(16)20)10-14(12-24)21(26)25-15-7-8-18(22)19(23)11-15/h2-11H,1H3,(H,25,26)/b14-10+. The number of amides is 1. The Labute approximate surface area is 166 Å². The number of nitrogens with one attached hydrogen (secondary N) is 1. The van der Waals surface area contributed by atoms with Gasteiger partial charge in [0, 0.05) is 11.1 Å². The topological polar surface area (TPSA) is 62.1 Å². The van der Waals surface area contributed by atoms with Crippen molar-refractivity contribution in [2.45, 2.75) is 0 Å². The lowest BCUT2D eigenvalue weighted by Gasteiger charge is -2.09. The van der Waals surface area contributed by atoms with Gasteiger partial charge in [-0.3, -0.25) is 4.79 Å². The molecule has 1 amide bonds. The molecule has 0 aliphatic heterocycles. The zero-order valence-corrected chi connectivity index (χ0v) is 15.8. The molecule has 0 saturated carbocycles. The Morgan fingerprint density at radius 3 is 2.48 bits per heavy atom. The smallest absolute Gasteiger partial charge is 0.266 e. The highest BCUT2D eigenvalue weighted by molar-refractivity contribution is 6.42. The van der Waals surface area contributed by atoms with Crippen LogP contribution in [0, 0.1) is 11.3 Å². The zero-order chi connectivity index (χ0) is 19.4. The summed E-state index contributed by atoms with van der Waals surface area (Å²) in [7, 11) is 1.60. The summed E-state index contributed by atoms with van der Waals surface area (Å²) in [6.45, 7) is 0. The summed E-state index contributed by atoms with van der Waals surface area (Å²) in [5.74, 6) is 0.192. The quantitative estimate of drug-likeness (QED) is 0.454. The Hall–Kier alpha value is -3.00. The third-order valence-electron chi connectivity index (χ3n) is 3.98. The fraction of sp³-hybridized carbons (Fsp3) is 0.0476. The number of halogens is 2. The molecule has 0 unspecified atom stereocenters. The number of carbonyl (C=O) groups is 1. The Morgan fingerprint density at radius 2 is 1.81 bits per heavy atom. The minimum atomic E-state index is -0.532. The second-order valence-electron chi connectivity index (χ2n) is 5.66. The van der Waals surface area contributed by atoms with Crippen molar-refractivity contribution in [1.29, 1.82) is 5.26 Å². The lowest BCUT2D eigenvalue weighted by molar-refractivity contribution is -0.112. The molecule has 0 aliphatic rings. The second-order valence-corrected chi connectivity index (χ2v) is 6.47. The molecule has 0 aliphatic carbocycles. The first-order valence-corrected chi connectivity index (χ1v) is 8.73. The maximum absolute atomic E-state index is 12.5. The molecule has 134 valence electrons. The Bertz CT molecular complexity index is 1100. The largest absolute Gasteiger partial charge is 0.496 e. The van der Waals surface area contributed by atoms with Crippen LogP contribution in [0.2, 0.25) is 10.0 Å². The number of nitrogens with zero attached hydrogens (tertiary/aromatic N) is 1. The minimum Gasteiger partial charge on any atom is -0.496 e. The van der Waals surface area contributed by atoms with E-state index < -0.39 is 5.91 Å². The number of hydrogen-bond acceptors (Lipinski definition) is 3. The summed E-state index contributed by atoms with van der Waals surface area (Å²) in [6.07, 6.45) is 1.55. The normalized spacial score (nSPS) is 11.1. The molecule has 6 heteroatoms. The number of benzene rings is 3. The van der Waals surface area contributed by atoms with Crippen molar-refractivity contribution in [3.8, 4) is 11.8 Å². The third-order valence-corrected chi connectivity index (χ3v) is 4.72. The van der Waals surface area contributed by atoms with Crippen LogP contribution in [0.3, 0.4) is 0 Å². The van der Waals surface area contributed by atoms with Crippen molar-refractivity contribution in [2.24, 2.45) is 0 Å². The maximum atomic E-state index is 12.5. The number of carbonyl (C=O) groups excluding carboxylic acids is 1. The van der Waals surface area contributed by atoms with E-state index in [1.807, 2.05) is 36.4 Å².